The van der Waals surface area contributed by atoms with E-state index in [1.807, 2.05) is 19.1 Å². The number of fused-ring (bicyclic) bond motifs is 1. The van der Waals surface area contributed by atoms with E-state index in [4.69, 9.17) is 14.9 Å². The van der Waals surface area contributed by atoms with E-state index in [0.29, 0.717) is 24.5 Å². The lowest BCUT2D eigenvalue weighted by molar-refractivity contribution is -0.126. The second-order valence-electron chi connectivity index (χ2n) is 5.19. The van der Waals surface area contributed by atoms with E-state index in [2.05, 4.69) is 10.3 Å². The van der Waals surface area contributed by atoms with Crippen LogP contribution >= 0.6 is 0 Å². The number of anilines is 1. The van der Waals surface area contributed by atoms with Gasteiger partial charge in [0.1, 0.15) is 11.6 Å². The quantitative estimate of drug-likeness (QED) is 0.896. The van der Waals surface area contributed by atoms with Gasteiger partial charge < -0.3 is 20.2 Å². The van der Waals surface area contributed by atoms with Crippen molar-refractivity contribution in [2.45, 2.75) is 38.4 Å². The standard InChI is InChI=1S/C15H19N3O3/c1-2-14-18-11-7-9(3-5-12(11)21-14)17-15(19)13-6-4-10(8-16)20-13/h3,5,7,10,13H,2,4,6,8,16H2,1H3,(H,17,19)/t10-,13+/m1/s1. The van der Waals surface area contributed by atoms with Crippen LogP contribution in [0.2, 0.25) is 0 Å². The van der Waals surface area contributed by atoms with Crippen LogP contribution in [0.5, 0.6) is 0 Å². The molecule has 2 atom stereocenters. The van der Waals surface area contributed by atoms with Gasteiger partial charge in [-0.1, -0.05) is 6.92 Å². The summed E-state index contributed by atoms with van der Waals surface area (Å²) in [6, 6.07) is 5.43. The van der Waals surface area contributed by atoms with Crippen LogP contribution in [0.25, 0.3) is 11.1 Å². The highest BCUT2D eigenvalue weighted by Gasteiger charge is 2.29. The molecule has 0 aliphatic carbocycles. The van der Waals surface area contributed by atoms with Crippen molar-refractivity contribution in [1.82, 2.24) is 4.98 Å². The fourth-order valence-electron chi connectivity index (χ4n) is 2.50. The smallest absolute Gasteiger partial charge is 0.253 e. The van der Waals surface area contributed by atoms with Gasteiger partial charge in [0.15, 0.2) is 11.5 Å². The molecule has 2 heterocycles. The molecule has 112 valence electrons. The Morgan fingerprint density at radius 2 is 2.33 bits per heavy atom. The maximum atomic E-state index is 12.2. The topological polar surface area (TPSA) is 90.4 Å². The molecule has 6 nitrogen and oxygen atoms in total. The van der Waals surface area contributed by atoms with Crippen molar-refractivity contribution >= 4 is 22.7 Å². The van der Waals surface area contributed by atoms with Crippen LogP contribution in [0, 0.1) is 0 Å². The highest BCUT2D eigenvalue weighted by Crippen LogP contribution is 2.23. The van der Waals surface area contributed by atoms with Gasteiger partial charge in [0.05, 0.1) is 6.10 Å². The summed E-state index contributed by atoms with van der Waals surface area (Å²) in [5, 5.41) is 2.86. The number of nitrogens with zero attached hydrogens (tertiary/aromatic N) is 1. The van der Waals surface area contributed by atoms with Crippen LogP contribution in [0.3, 0.4) is 0 Å². The molecule has 1 aromatic carbocycles. The third-order valence-electron chi connectivity index (χ3n) is 3.66. The van der Waals surface area contributed by atoms with Crippen molar-refractivity contribution in [3.05, 3.63) is 24.1 Å². The van der Waals surface area contributed by atoms with E-state index in [1.54, 1.807) is 6.07 Å². The molecule has 21 heavy (non-hydrogen) atoms. The maximum absolute atomic E-state index is 12.2. The lowest BCUT2D eigenvalue weighted by Crippen LogP contribution is -2.29. The predicted octanol–water partition coefficient (Wildman–Crippen LogP) is 1.83. The Hall–Kier alpha value is -1.92. The molecule has 1 amide bonds. The van der Waals surface area contributed by atoms with E-state index in [-0.39, 0.29) is 12.0 Å². The van der Waals surface area contributed by atoms with Crippen LogP contribution in [0.4, 0.5) is 5.69 Å². The molecule has 0 bridgehead atoms. The van der Waals surface area contributed by atoms with E-state index in [0.717, 1.165) is 23.9 Å². The molecule has 1 aliphatic heterocycles. The van der Waals surface area contributed by atoms with Crippen molar-refractivity contribution in [3.63, 3.8) is 0 Å². The lowest BCUT2D eigenvalue weighted by atomic mass is 10.2. The Balaban J connectivity index is 1.71. The number of oxazole rings is 1. The van der Waals surface area contributed by atoms with Gasteiger partial charge in [0.25, 0.3) is 5.91 Å². The minimum absolute atomic E-state index is 0.00844. The molecular weight excluding hydrogens is 270 g/mol. The Morgan fingerprint density at radius 3 is 3.05 bits per heavy atom. The number of aromatic nitrogens is 1. The summed E-state index contributed by atoms with van der Waals surface area (Å²) >= 11 is 0. The average Bonchev–Trinajstić information content (AvgIpc) is 3.12. The van der Waals surface area contributed by atoms with Gasteiger partial charge >= 0.3 is 0 Å². The molecule has 0 unspecified atom stereocenters. The summed E-state index contributed by atoms with van der Waals surface area (Å²) in [6.45, 7) is 2.44. The van der Waals surface area contributed by atoms with Gasteiger partial charge in [-0.2, -0.15) is 0 Å². The predicted molar refractivity (Wildman–Crippen MR) is 79.0 cm³/mol. The Morgan fingerprint density at radius 1 is 1.48 bits per heavy atom. The molecule has 1 saturated heterocycles. The number of nitrogens with two attached hydrogens (primary N) is 1. The number of carbonyl (C=O) groups is 1. The molecule has 1 fully saturated rings. The summed E-state index contributed by atoms with van der Waals surface area (Å²) in [5.41, 5.74) is 7.72. The molecule has 3 N–H and O–H groups in total. The van der Waals surface area contributed by atoms with E-state index in [9.17, 15) is 4.79 Å². The summed E-state index contributed by atoms with van der Waals surface area (Å²) in [7, 11) is 0. The maximum Gasteiger partial charge on any atom is 0.253 e. The van der Waals surface area contributed by atoms with Crippen molar-refractivity contribution in [1.29, 1.82) is 0 Å². The largest absolute Gasteiger partial charge is 0.441 e. The minimum Gasteiger partial charge on any atom is -0.441 e. The Kier molecular flexibility index (Phi) is 3.90. The zero-order valence-electron chi connectivity index (χ0n) is 12.0. The van der Waals surface area contributed by atoms with Crippen LogP contribution < -0.4 is 11.1 Å². The highest BCUT2D eigenvalue weighted by atomic mass is 16.5. The first-order valence-electron chi connectivity index (χ1n) is 7.25. The molecule has 1 aromatic heterocycles. The fourth-order valence-corrected chi connectivity index (χ4v) is 2.50. The number of hydrogen-bond donors (Lipinski definition) is 2. The summed E-state index contributed by atoms with van der Waals surface area (Å²) in [6.07, 6.45) is 1.85. The number of amides is 1. The zero-order valence-corrected chi connectivity index (χ0v) is 12.0. The van der Waals surface area contributed by atoms with Crippen molar-refractivity contribution in [2.24, 2.45) is 5.73 Å². The zero-order chi connectivity index (χ0) is 14.8. The number of nitrogens with one attached hydrogen (secondary N) is 1. The molecule has 0 spiro atoms. The molecule has 6 heteroatoms. The third kappa shape index (κ3) is 2.91. The van der Waals surface area contributed by atoms with Crippen LogP contribution in [-0.4, -0.2) is 29.6 Å². The normalized spacial score (nSPS) is 21.8. The number of carbonyl (C=O) groups excluding carboxylic acids is 1. The van der Waals surface area contributed by atoms with Crippen LogP contribution in [0.1, 0.15) is 25.7 Å². The van der Waals surface area contributed by atoms with Crippen LogP contribution in [0.15, 0.2) is 22.6 Å². The molecule has 0 saturated carbocycles. The molecule has 0 radical (unpaired) electrons. The number of aryl methyl sites for hydroxylation is 1. The highest BCUT2D eigenvalue weighted by molar-refractivity contribution is 5.95. The number of benzene rings is 1. The molecule has 3 rings (SSSR count). The van der Waals surface area contributed by atoms with Crippen molar-refractivity contribution in [2.75, 3.05) is 11.9 Å². The van der Waals surface area contributed by atoms with E-state index in [1.165, 1.54) is 0 Å². The Bertz CT molecular complexity index is 653. The minimum atomic E-state index is -0.419. The Labute approximate surface area is 122 Å². The first-order chi connectivity index (χ1) is 10.2. The van der Waals surface area contributed by atoms with E-state index >= 15 is 0 Å². The van der Waals surface area contributed by atoms with Crippen molar-refractivity contribution < 1.29 is 13.9 Å². The van der Waals surface area contributed by atoms with Gasteiger partial charge in [0, 0.05) is 18.7 Å². The molecule has 1 aliphatic rings. The summed E-state index contributed by atoms with van der Waals surface area (Å²) in [4.78, 5) is 16.5. The lowest BCUT2D eigenvalue weighted by Gasteiger charge is -2.12. The number of hydrogen-bond acceptors (Lipinski definition) is 5. The first-order valence-corrected chi connectivity index (χ1v) is 7.25. The van der Waals surface area contributed by atoms with Gasteiger partial charge in [0.2, 0.25) is 0 Å². The van der Waals surface area contributed by atoms with Crippen molar-refractivity contribution in [3.8, 4) is 0 Å². The third-order valence-corrected chi connectivity index (χ3v) is 3.66. The number of rotatable bonds is 4. The average molecular weight is 289 g/mol. The van der Waals surface area contributed by atoms with E-state index < -0.39 is 6.10 Å². The summed E-state index contributed by atoms with van der Waals surface area (Å²) in [5.74, 6) is 0.558. The van der Waals surface area contributed by atoms with Gasteiger partial charge in [-0.25, -0.2) is 4.98 Å². The molecule has 2 aromatic rings. The fraction of sp³-hybridized carbons (Fsp3) is 0.467. The monoisotopic (exact) mass is 289 g/mol. The number of ether oxygens (including phenoxy) is 1. The van der Waals surface area contributed by atoms with Gasteiger partial charge in [-0.3, -0.25) is 4.79 Å². The van der Waals surface area contributed by atoms with Gasteiger partial charge in [-0.15, -0.1) is 0 Å². The van der Waals surface area contributed by atoms with Crippen LogP contribution in [-0.2, 0) is 16.0 Å². The second-order valence-corrected chi connectivity index (χ2v) is 5.19. The van der Waals surface area contributed by atoms with Gasteiger partial charge in [-0.05, 0) is 31.0 Å². The summed E-state index contributed by atoms with van der Waals surface area (Å²) < 4.78 is 11.1. The second kappa shape index (κ2) is 5.83. The molecular formula is C15H19N3O3. The SMILES string of the molecule is CCc1nc2cc(NC(=O)[C@@H]3CC[C@H](CN)O3)ccc2o1. The first kappa shape index (κ1) is 14.0.